The molecule has 0 radical (unpaired) electrons. The highest BCUT2D eigenvalue weighted by Gasteiger charge is 2.20. The Balaban J connectivity index is 1.93. The molecule has 1 aliphatic rings. The molecule has 2 atom stereocenters. The van der Waals surface area contributed by atoms with Crippen LogP contribution in [0.3, 0.4) is 0 Å². The van der Waals surface area contributed by atoms with Crippen molar-refractivity contribution in [2.75, 3.05) is 0 Å². The zero-order valence-corrected chi connectivity index (χ0v) is 10.3. The number of aliphatic hydroxyl groups is 1. The summed E-state index contributed by atoms with van der Waals surface area (Å²) in [5.41, 5.74) is 0.573. The largest absolute Gasteiger partial charge is 0.392 e. The summed E-state index contributed by atoms with van der Waals surface area (Å²) >= 11 is 0. The highest BCUT2D eigenvalue weighted by molar-refractivity contribution is 5.17. The number of halogens is 2. The third-order valence-corrected chi connectivity index (χ3v) is 3.47. The number of rotatable bonds is 3. The minimum absolute atomic E-state index is 0.0267. The van der Waals surface area contributed by atoms with Crippen LogP contribution in [0.5, 0.6) is 0 Å². The molecule has 0 heterocycles. The summed E-state index contributed by atoms with van der Waals surface area (Å²) < 4.78 is 26.0. The highest BCUT2D eigenvalue weighted by atomic mass is 19.1. The van der Waals surface area contributed by atoms with E-state index in [1.807, 2.05) is 0 Å². The van der Waals surface area contributed by atoms with Gasteiger partial charge in [-0.3, -0.25) is 0 Å². The first kappa shape index (κ1) is 13.4. The second-order valence-corrected chi connectivity index (χ2v) is 4.97. The van der Waals surface area contributed by atoms with Crippen LogP contribution in [0.15, 0.2) is 18.2 Å². The lowest BCUT2D eigenvalue weighted by molar-refractivity contribution is 0.119. The minimum Gasteiger partial charge on any atom is -0.392 e. The van der Waals surface area contributed by atoms with Crippen LogP contribution < -0.4 is 5.32 Å². The van der Waals surface area contributed by atoms with E-state index in [0.29, 0.717) is 12.1 Å². The zero-order chi connectivity index (χ0) is 13.0. The lowest BCUT2D eigenvalue weighted by atomic mass is 10.1. The molecule has 0 spiro atoms. The maximum Gasteiger partial charge on any atom is 0.126 e. The molecule has 0 aromatic heterocycles. The van der Waals surface area contributed by atoms with Crippen LogP contribution in [-0.4, -0.2) is 17.3 Å². The van der Waals surface area contributed by atoms with E-state index in [4.69, 9.17) is 0 Å². The van der Waals surface area contributed by atoms with Gasteiger partial charge in [0.15, 0.2) is 0 Å². The minimum atomic E-state index is -0.562. The van der Waals surface area contributed by atoms with E-state index in [-0.39, 0.29) is 12.1 Å². The van der Waals surface area contributed by atoms with Crippen molar-refractivity contribution < 1.29 is 13.9 Å². The van der Waals surface area contributed by atoms with Crippen molar-refractivity contribution in [3.63, 3.8) is 0 Å². The van der Waals surface area contributed by atoms with Gasteiger partial charge in [0.05, 0.1) is 6.10 Å². The van der Waals surface area contributed by atoms with Crippen molar-refractivity contribution in [3.8, 4) is 0 Å². The van der Waals surface area contributed by atoms with E-state index in [1.165, 1.54) is 12.1 Å². The van der Waals surface area contributed by atoms with Crippen LogP contribution in [0, 0.1) is 11.6 Å². The molecule has 1 aliphatic carbocycles. The fourth-order valence-electron chi connectivity index (χ4n) is 2.49. The monoisotopic (exact) mass is 255 g/mol. The predicted molar refractivity (Wildman–Crippen MR) is 66.1 cm³/mol. The third kappa shape index (κ3) is 3.75. The van der Waals surface area contributed by atoms with Crippen molar-refractivity contribution in [2.45, 2.75) is 50.8 Å². The second kappa shape index (κ2) is 6.25. The smallest absolute Gasteiger partial charge is 0.126 e. The van der Waals surface area contributed by atoms with Crippen molar-refractivity contribution in [1.29, 1.82) is 0 Å². The number of hydrogen-bond donors (Lipinski definition) is 2. The molecule has 18 heavy (non-hydrogen) atoms. The topological polar surface area (TPSA) is 32.3 Å². The van der Waals surface area contributed by atoms with Gasteiger partial charge in [0.2, 0.25) is 0 Å². The molecule has 1 fully saturated rings. The summed E-state index contributed by atoms with van der Waals surface area (Å²) in [4.78, 5) is 0. The van der Waals surface area contributed by atoms with Gasteiger partial charge in [-0.25, -0.2) is 8.78 Å². The van der Waals surface area contributed by atoms with Crippen LogP contribution in [0.4, 0.5) is 8.78 Å². The van der Waals surface area contributed by atoms with Crippen molar-refractivity contribution >= 4 is 0 Å². The van der Waals surface area contributed by atoms with Gasteiger partial charge in [-0.15, -0.1) is 0 Å². The maximum atomic E-state index is 13.0. The Bertz CT molecular complexity index is 377. The third-order valence-electron chi connectivity index (χ3n) is 3.47. The molecule has 2 nitrogen and oxygen atoms in total. The Kier molecular flexibility index (Phi) is 4.66. The summed E-state index contributed by atoms with van der Waals surface area (Å²) in [6.45, 7) is 0.385. The van der Waals surface area contributed by atoms with Gasteiger partial charge in [0, 0.05) is 18.7 Å². The van der Waals surface area contributed by atoms with Gasteiger partial charge in [-0.1, -0.05) is 19.3 Å². The molecule has 0 bridgehead atoms. The molecule has 1 aromatic carbocycles. The summed E-state index contributed by atoms with van der Waals surface area (Å²) in [6, 6.07) is 3.53. The molecule has 1 aromatic rings. The predicted octanol–water partition coefficient (Wildman–Crippen LogP) is 2.75. The molecule has 2 rings (SSSR count). The number of hydrogen-bond acceptors (Lipinski definition) is 2. The Morgan fingerprint density at radius 2 is 1.72 bits per heavy atom. The Morgan fingerprint density at radius 1 is 1.06 bits per heavy atom. The Morgan fingerprint density at radius 3 is 2.44 bits per heavy atom. The molecule has 2 unspecified atom stereocenters. The molecular formula is C14H19F2NO. The SMILES string of the molecule is OC1CCCCCC1NCc1cc(F)cc(F)c1. The lowest BCUT2D eigenvalue weighted by Crippen LogP contribution is -2.38. The normalized spacial score (nSPS) is 24.8. The van der Waals surface area contributed by atoms with Crippen LogP contribution in [0.25, 0.3) is 0 Å². The van der Waals surface area contributed by atoms with Gasteiger partial charge in [0.25, 0.3) is 0 Å². The molecule has 4 heteroatoms. The van der Waals surface area contributed by atoms with Crippen molar-refractivity contribution in [1.82, 2.24) is 5.32 Å². The molecule has 0 amide bonds. The van der Waals surface area contributed by atoms with E-state index >= 15 is 0 Å². The first-order valence-electron chi connectivity index (χ1n) is 6.51. The fraction of sp³-hybridized carbons (Fsp3) is 0.571. The van der Waals surface area contributed by atoms with Crippen molar-refractivity contribution in [3.05, 3.63) is 35.4 Å². The molecule has 100 valence electrons. The van der Waals surface area contributed by atoms with Gasteiger partial charge in [0.1, 0.15) is 11.6 Å². The van der Waals surface area contributed by atoms with Crippen LogP contribution >= 0.6 is 0 Å². The van der Waals surface area contributed by atoms with Crippen molar-refractivity contribution in [2.24, 2.45) is 0 Å². The van der Waals surface area contributed by atoms with Crippen LogP contribution in [0.2, 0.25) is 0 Å². The van der Waals surface area contributed by atoms with E-state index in [1.54, 1.807) is 0 Å². The Hall–Kier alpha value is -1.00. The maximum absolute atomic E-state index is 13.0. The first-order valence-corrected chi connectivity index (χ1v) is 6.51. The van der Waals surface area contributed by atoms with E-state index in [9.17, 15) is 13.9 Å². The van der Waals surface area contributed by atoms with E-state index in [2.05, 4.69) is 5.32 Å². The standard InChI is InChI=1S/C14H19F2NO/c15-11-6-10(7-12(16)8-11)9-17-13-4-2-1-3-5-14(13)18/h6-8,13-14,17-18H,1-5,9H2. The first-order chi connectivity index (χ1) is 8.65. The van der Waals surface area contributed by atoms with Crippen LogP contribution in [0.1, 0.15) is 37.7 Å². The number of aliphatic hydroxyl groups excluding tert-OH is 1. The molecular weight excluding hydrogens is 236 g/mol. The summed E-state index contributed by atoms with van der Waals surface area (Å²) in [5, 5.41) is 13.1. The van der Waals surface area contributed by atoms with E-state index < -0.39 is 11.6 Å². The average molecular weight is 255 g/mol. The van der Waals surface area contributed by atoms with Gasteiger partial charge >= 0.3 is 0 Å². The van der Waals surface area contributed by atoms with Gasteiger partial charge in [-0.2, -0.15) is 0 Å². The zero-order valence-electron chi connectivity index (χ0n) is 10.3. The number of benzene rings is 1. The molecule has 2 N–H and O–H groups in total. The average Bonchev–Trinajstić information content (AvgIpc) is 2.50. The van der Waals surface area contributed by atoms with E-state index in [0.717, 1.165) is 38.2 Å². The fourth-order valence-corrected chi connectivity index (χ4v) is 2.49. The summed E-state index contributed by atoms with van der Waals surface area (Å²) in [6.07, 6.45) is 4.64. The molecule has 1 saturated carbocycles. The molecule has 0 saturated heterocycles. The number of nitrogens with one attached hydrogen (secondary N) is 1. The Labute approximate surface area is 106 Å². The highest BCUT2D eigenvalue weighted by Crippen LogP contribution is 2.18. The lowest BCUT2D eigenvalue weighted by Gasteiger charge is -2.21. The quantitative estimate of drug-likeness (QED) is 0.814. The van der Waals surface area contributed by atoms with Gasteiger partial charge in [-0.05, 0) is 30.5 Å². The van der Waals surface area contributed by atoms with Crippen LogP contribution in [-0.2, 0) is 6.54 Å². The summed E-state index contributed by atoms with van der Waals surface area (Å²) in [7, 11) is 0. The molecule has 0 aliphatic heterocycles. The van der Waals surface area contributed by atoms with Gasteiger partial charge < -0.3 is 10.4 Å². The second-order valence-electron chi connectivity index (χ2n) is 4.97. The summed E-state index contributed by atoms with van der Waals surface area (Å²) in [5.74, 6) is -1.12.